The fourth-order valence-electron chi connectivity index (χ4n) is 6.94. The van der Waals surface area contributed by atoms with Crippen molar-refractivity contribution >= 4 is 0 Å². The Kier molecular flexibility index (Phi) is 8.98. The van der Waals surface area contributed by atoms with Gasteiger partial charge in [-0.15, -0.1) is 0 Å². The van der Waals surface area contributed by atoms with Crippen molar-refractivity contribution in [3.63, 3.8) is 0 Å². The number of aliphatic hydroxyl groups excluding tert-OH is 1. The molecule has 2 saturated carbocycles. The van der Waals surface area contributed by atoms with Crippen LogP contribution in [0.1, 0.15) is 79.6 Å². The Bertz CT molecular complexity index is 703. The fraction of sp³-hybridized carbons (Fsp3) is 1.00. The zero-order valence-corrected chi connectivity index (χ0v) is 23.1. The molecule has 0 spiro atoms. The van der Waals surface area contributed by atoms with Crippen LogP contribution in [0.3, 0.4) is 0 Å². The van der Waals surface area contributed by atoms with Gasteiger partial charge < -0.3 is 33.5 Å². The standard InChI is InChI=1S/2C8H14O2.C7H12O.C6H10O2/c1-5-6(2)10-7-3-8(5)9-4-7;1-5-4-6-2-3-7(9)8(6)10-5;1-5-7-4-6(7)2-3-8-5;1-4-2-5-6(8-5)3-7-4/h5-8H,3-4H2,1-2H3;5-9H,2-4H2,1H3;5-7H,2-4H2,1H3;4-6H,2-3H2,1H3. The smallest absolute Gasteiger partial charge is 0.108 e. The first kappa shape index (κ1) is 27.3. The molecule has 2 aliphatic carbocycles. The van der Waals surface area contributed by atoms with Crippen molar-refractivity contribution in [2.24, 2.45) is 23.7 Å². The zero-order chi connectivity index (χ0) is 25.4. The van der Waals surface area contributed by atoms with E-state index in [1.54, 1.807) is 0 Å². The lowest BCUT2D eigenvalue weighted by Crippen LogP contribution is -2.35. The van der Waals surface area contributed by atoms with Crippen LogP contribution in [-0.4, -0.2) is 86.0 Å². The van der Waals surface area contributed by atoms with Gasteiger partial charge in [0.2, 0.25) is 0 Å². The van der Waals surface area contributed by atoms with Crippen LogP contribution in [0.4, 0.5) is 0 Å². The van der Waals surface area contributed by atoms with Crippen molar-refractivity contribution in [2.45, 2.75) is 141 Å². The van der Waals surface area contributed by atoms with Crippen LogP contribution in [0, 0.1) is 23.7 Å². The minimum absolute atomic E-state index is 0.171. The molecule has 1 N–H and O–H groups in total. The van der Waals surface area contributed by atoms with E-state index in [1.807, 2.05) is 0 Å². The molecule has 7 nitrogen and oxygen atoms in total. The van der Waals surface area contributed by atoms with E-state index in [4.69, 9.17) is 28.4 Å². The summed E-state index contributed by atoms with van der Waals surface area (Å²) >= 11 is 0. The molecule has 0 aromatic heterocycles. The van der Waals surface area contributed by atoms with Gasteiger partial charge in [-0.3, -0.25) is 0 Å². The predicted octanol–water partition coefficient (Wildman–Crippen LogP) is 4.13. The van der Waals surface area contributed by atoms with Crippen LogP contribution in [0.5, 0.6) is 0 Å². The molecule has 0 aromatic carbocycles. The molecule has 8 fully saturated rings. The molecule has 0 amide bonds. The van der Waals surface area contributed by atoms with Gasteiger partial charge in [0.05, 0.1) is 68.1 Å². The Labute approximate surface area is 217 Å². The molecule has 14 atom stereocenters. The maximum absolute atomic E-state index is 9.39. The lowest BCUT2D eigenvalue weighted by Gasteiger charge is -2.30. The van der Waals surface area contributed by atoms with Gasteiger partial charge in [0.15, 0.2) is 0 Å². The highest BCUT2D eigenvalue weighted by Gasteiger charge is 2.45. The summed E-state index contributed by atoms with van der Waals surface area (Å²) in [6, 6.07) is 0. The van der Waals surface area contributed by atoms with Gasteiger partial charge >= 0.3 is 0 Å². The maximum Gasteiger partial charge on any atom is 0.108 e. The van der Waals surface area contributed by atoms with Gasteiger partial charge in [0.1, 0.15) is 6.10 Å². The van der Waals surface area contributed by atoms with Gasteiger partial charge in [0.25, 0.3) is 0 Å². The van der Waals surface area contributed by atoms with Gasteiger partial charge in [-0.25, -0.2) is 0 Å². The summed E-state index contributed by atoms with van der Waals surface area (Å²) in [6.07, 6.45) is 11.9. The molecular weight excluding hydrogens is 460 g/mol. The minimum atomic E-state index is -0.171. The largest absolute Gasteiger partial charge is 0.390 e. The summed E-state index contributed by atoms with van der Waals surface area (Å²) in [5, 5.41) is 9.39. The van der Waals surface area contributed by atoms with E-state index in [1.165, 1.54) is 12.8 Å². The van der Waals surface area contributed by atoms with E-state index < -0.39 is 0 Å². The van der Waals surface area contributed by atoms with Crippen molar-refractivity contribution in [2.75, 3.05) is 19.8 Å². The highest BCUT2D eigenvalue weighted by atomic mass is 16.6. The zero-order valence-electron chi connectivity index (χ0n) is 23.1. The third-order valence-electron chi connectivity index (χ3n) is 9.67. The summed E-state index contributed by atoms with van der Waals surface area (Å²) in [4.78, 5) is 0. The monoisotopic (exact) mass is 510 g/mol. The molecular formula is C29H50O7. The molecule has 0 aromatic rings. The van der Waals surface area contributed by atoms with Crippen LogP contribution in [-0.2, 0) is 28.4 Å². The third-order valence-corrected chi connectivity index (χ3v) is 9.67. The SMILES string of the molecule is CC1CC2CCC(O)C2O1.CC1CC2OC2CO1.CC1OC2COC(C2)C1C.CC1OCCC2CC21. The molecule has 8 aliphatic rings. The number of rotatable bonds is 0. The van der Waals surface area contributed by atoms with Gasteiger partial charge in [-0.2, -0.15) is 0 Å². The molecule has 14 unspecified atom stereocenters. The molecule has 8 rings (SSSR count). The number of fused-ring (bicyclic) bond motifs is 5. The van der Waals surface area contributed by atoms with E-state index in [0.717, 1.165) is 63.8 Å². The normalized spacial score (nSPS) is 53.2. The van der Waals surface area contributed by atoms with Crippen molar-refractivity contribution in [3.05, 3.63) is 0 Å². The first-order valence-electron chi connectivity index (χ1n) is 14.8. The molecule has 36 heavy (non-hydrogen) atoms. The first-order valence-corrected chi connectivity index (χ1v) is 14.8. The highest BCUT2D eigenvalue weighted by molar-refractivity contribution is 4.93. The van der Waals surface area contributed by atoms with E-state index in [9.17, 15) is 5.11 Å². The van der Waals surface area contributed by atoms with Crippen molar-refractivity contribution in [1.82, 2.24) is 0 Å². The number of hydrogen-bond acceptors (Lipinski definition) is 7. The minimum Gasteiger partial charge on any atom is -0.390 e. The average Bonchev–Trinajstić information content (AvgIpc) is 3.70. The highest BCUT2D eigenvalue weighted by Crippen LogP contribution is 2.47. The predicted molar refractivity (Wildman–Crippen MR) is 136 cm³/mol. The van der Waals surface area contributed by atoms with E-state index in [-0.39, 0.29) is 12.2 Å². The second-order valence-electron chi connectivity index (χ2n) is 12.6. The summed E-state index contributed by atoms with van der Waals surface area (Å²) < 4.78 is 32.7. The number of hydrogen-bond donors (Lipinski definition) is 1. The quantitative estimate of drug-likeness (QED) is 0.491. The van der Waals surface area contributed by atoms with Crippen LogP contribution in [0.25, 0.3) is 0 Å². The van der Waals surface area contributed by atoms with Gasteiger partial charge in [-0.1, -0.05) is 6.92 Å². The van der Waals surface area contributed by atoms with Crippen LogP contribution < -0.4 is 0 Å². The Hall–Kier alpha value is -0.280. The van der Waals surface area contributed by atoms with Gasteiger partial charge in [0, 0.05) is 25.4 Å². The van der Waals surface area contributed by atoms with Crippen molar-refractivity contribution < 1.29 is 33.5 Å². The van der Waals surface area contributed by atoms with Crippen LogP contribution in [0.15, 0.2) is 0 Å². The van der Waals surface area contributed by atoms with Crippen LogP contribution in [0.2, 0.25) is 0 Å². The molecule has 6 heterocycles. The number of ether oxygens (including phenoxy) is 6. The molecule has 0 radical (unpaired) electrons. The van der Waals surface area contributed by atoms with Gasteiger partial charge in [-0.05, 0) is 77.6 Å². The number of epoxide rings is 1. The molecule has 6 aliphatic heterocycles. The summed E-state index contributed by atoms with van der Waals surface area (Å²) in [5.41, 5.74) is 0. The lowest BCUT2D eigenvalue weighted by molar-refractivity contribution is -0.0548. The van der Waals surface area contributed by atoms with Crippen molar-refractivity contribution in [1.29, 1.82) is 0 Å². The summed E-state index contributed by atoms with van der Waals surface area (Å²) in [7, 11) is 0. The Balaban J connectivity index is 0.0000000993. The summed E-state index contributed by atoms with van der Waals surface area (Å²) in [6.45, 7) is 13.4. The first-order chi connectivity index (χ1) is 17.3. The topological polar surface area (TPSA) is 78.9 Å². The molecule has 208 valence electrons. The second-order valence-corrected chi connectivity index (χ2v) is 12.6. The van der Waals surface area contributed by atoms with Crippen molar-refractivity contribution in [3.8, 4) is 0 Å². The second kappa shape index (κ2) is 11.8. The molecule has 2 bridgehead atoms. The molecule has 7 heteroatoms. The Morgan fingerprint density at radius 2 is 1.44 bits per heavy atom. The number of aliphatic hydroxyl groups is 1. The van der Waals surface area contributed by atoms with E-state index in [0.29, 0.717) is 60.7 Å². The third kappa shape index (κ3) is 6.83. The van der Waals surface area contributed by atoms with E-state index in [2.05, 4.69) is 34.6 Å². The van der Waals surface area contributed by atoms with Crippen LogP contribution >= 0.6 is 0 Å². The fourth-order valence-corrected chi connectivity index (χ4v) is 6.94. The Morgan fingerprint density at radius 1 is 0.611 bits per heavy atom. The maximum atomic E-state index is 9.39. The Morgan fingerprint density at radius 3 is 2.14 bits per heavy atom. The lowest BCUT2D eigenvalue weighted by atomic mass is 9.93. The average molecular weight is 511 g/mol. The van der Waals surface area contributed by atoms with E-state index >= 15 is 0 Å². The summed E-state index contributed by atoms with van der Waals surface area (Å²) in [5.74, 6) is 3.24. The molecule has 6 saturated heterocycles.